The molecule has 3 aromatic rings. The third-order valence-corrected chi connectivity index (χ3v) is 4.97. The van der Waals surface area contributed by atoms with E-state index in [4.69, 9.17) is 9.72 Å². The number of aromatic nitrogens is 3. The van der Waals surface area contributed by atoms with Crippen LogP contribution in [0.2, 0.25) is 0 Å². The van der Waals surface area contributed by atoms with Crippen LogP contribution in [0.1, 0.15) is 54.7 Å². The van der Waals surface area contributed by atoms with E-state index in [1.165, 1.54) is 24.3 Å². The standard InChI is InChI=1S/C21H21N5O5/c1-12(2)25-20-17(10-22-25)16(9-18(24-20)13-6-7-13)21(28)31-11-19(27)23-14-4-3-5-15(8-14)26(29)30/h3-5,8-10,12-13H,6-7,11H2,1-2H3,(H,23,27). The molecule has 1 saturated carbocycles. The van der Waals surface area contributed by atoms with Crippen LogP contribution in [0, 0.1) is 10.1 Å². The molecule has 1 amide bonds. The first-order chi connectivity index (χ1) is 14.8. The zero-order chi connectivity index (χ0) is 22.1. The summed E-state index contributed by atoms with van der Waals surface area (Å²) in [5, 5.41) is 18.3. The second-order valence-electron chi connectivity index (χ2n) is 7.72. The molecule has 4 rings (SSSR count). The van der Waals surface area contributed by atoms with E-state index in [-0.39, 0.29) is 17.4 Å². The molecule has 160 valence electrons. The second kappa shape index (κ2) is 8.13. The van der Waals surface area contributed by atoms with Crippen molar-refractivity contribution in [2.24, 2.45) is 0 Å². The highest BCUT2D eigenvalue weighted by molar-refractivity contribution is 6.04. The van der Waals surface area contributed by atoms with E-state index in [9.17, 15) is 19.7 Å². The fraction of sp³-hybridized carbons (Fsp3) is 0.333. The molecule has 1 aliphatic carbocycles. The number of pyridine rings is 1. The Balaban J connectivity index is 1.50. The molecule has 1 aliphatic rings. The van der Waals surface area contributed by atoms with Gasteiger partial charge in [0.15, 0.2) is 12.3 Å². The Morgan fingerprint density at radius 3 is 2.77 bits per heavy atom. The monoisotopic (exact) mass is 423 g/mol. The normalized spacial score (nSPS) is 13.4. The van der Waals surface area contributed by atoms with Crippen LogP contribution in [0.25, 0.3) is 11.0 Å². The molecule has 10 nitrogen and oxygen atoms in total. The van der Waals surface area contributed by atoms with Gasteiger partial charge in [-0.15, -0.1) is 0 Å². The molecular formula is C21H21N5O5. The number of ether oxygens (including phenoxy) is 1. The summed E-state index contributed by atoms with van der Waals surface area (Å²) < 4.78 is 6.98. The number of rotatable bonds is 7. The van der Waals surface area contributed by atoms with Crippen LogP contribution in [0.4, 0.5) is 11.4 Å². The van der Waals surface area contributed by atoms with Gasteiger partial charge in [0.25, 0.3) is 11.6 Å². The predicted octanol–water partition coefficient (Wildman–Crippen LogP) is 3.59. The molecule has 0 aliphatic heterocycles. The smallest absolute Gasteiger partial charge is 0.339 e. The van der Waals surface area contributed by atoms with Crippen molar-refractivity contribution in [1.82, 2.24) is 14.8 Å². The van der Waals surface area contributed by atoms with Gasteiger partial charge in [0.2, 0.25) is 0 Å². The minimum absolute atomic E-state index is 0.0732. The fourth-order valence-electron chi connectivity index (χ4n) is 3.28. The number of carbonyl (C=O) groups excluding carboxylic acids is 2. The Morgan fingerprint density at radius 2 is 2.10 bits per heavy atom. The number of amides is 1. The summed E-state index contributed by atoms with van der Waals surface area (Å²) in [7, 11) is 0. The van der Waals surface area contributed by atoms with Crippen molar-refractivity contribution < 1.29 is 19.2 Å². The Labute approximate surface area is 177 Å². The number of hydrogen-bond acceptors (Lipinski definition) is 7. The number of carbonyl (C=O) groups is 2. The average molecular weight is 423 g/mol. The summed E-state index contributed by atoms with van der Waals surface area (Å²) in [6.07, 6.45) is 3.63. The highest BCUT2D eigenvalue weighted by atomic mass is 16.6. The summed E-state index contributed by atoms with van der Waals surface area (Å²) in [6.45, 7) is 3.44. The zero-order valence-electron chi connectivity index (χ0n) is 17.1. The molecule has 1 fully saturated rings. The van der Waals surface area contributed by atoms with Gasteiger partial charge in [0.1, 0.15) is 0 Å². The Morgan fingerprint density at radius 1 is 1.32 bits per heavy atom. The summed E-state index contributed by atoms with van der Waals surface area (Å²) in [6, 6.07) is 7.31. The lowest BCUT2D eigenvalue weighted by atomic mass is 10.1. The topological polar surface area (TPSA) is 129 Å². The molecule has 0 radical (unpaired) electrons. The van der Waals surface area contributed by atoms with Gasteiger partial charge >= 0.3 is 5.97 Å². The van der Waals surface area contributed by atoms with Gasteiger partial charge in [-0.1, -0.05) is 6.07 Å². The first-order valence-corrected chi connectivity index (χ1v) is 9.93. The SMILES string of the molecule is CC(C)n1ncc2c(C(=O)OCC(=O)Nc3cccc([N+](=O)[O-])c3)cc(C3CC3)nc21. The lowest BCUT2D eigenvalue weighted by Gasteiger charge is -2.10. The van der Waals surface area contributed by atoms with Crippen LogP contribution in [0.15, 0.2) is 36.5 Å². The summed E-state index contributed by atoms with van der Waals surface area (Å²) in [5.74, 6) is -0.921. The zero-order valence-corrected chi connectivity index (χ0v) is 17.1. The van der Waals surface area contributed by atoms with Crippen LogP contribution in [-0.4, -0.2) is 38.2 Å². The summed E-state index contributed by atoms with van der Waals surface area (Å²) in [5.41, 5.74) is 1.86. The molecule has 2 heterocycles. The van der Waals surface area contributed by atoms with E-state index < -0.39 is 23.4 Å². The minimum atomic E-state index is -0.646. The maximum Gasteiger partial charge on any atom is 0.339 e. The lowest BCUT2D eigenvalue weighted by Crippen LogP contribution is -2.21. The first kappa shape index (κ1) is 20.5. The van der Waals surface area contributed by atoms with Gasteiger partial charge in [-0.3, -0.25) is 14.9 Å². The van der Waals surface area contributed by atoms with Crippen LogP contribution in [0.5, 0.6) is 0 Å². The van der Waals surface area contributed by atoms with E-state index in [1.807, 2.05) is 13.8 Å². The fourth-order valence-corrected chi connectivity index (χ4v) is 3.28. The molecule has 0 spiro atoms. The number of benzene rings is 1. The van der Waals surface area contributed by atoms with Gasteiger partial charge in [0.05, 0.1) is 22.1 Å². The molecule has 10 heteroatoms. The third kappa shape index (κ3) is 4.37. The number of hydrogen-bond donors (Lipinski definition) is 1. The second-order valence-corrected chi connectivity index (χ2v) is 7.72. The van der Waals surface area contributed by atoms with Crippen molar-refractivity contribution in [2.75, 3.05) is 11.9 Å². The highest BCUT2D eigenvalue weighted by Gasteiger charge is 2.28. The number of fused-ring (bicyclic) bond motifs is 1. The Kier molecular flexibility index (Phi) is 5.37. The van der Waals surface area contributed by atoms with Crippen molar-refractivity contribution in [2.45, 2.75) is 38.6 Å². The maximum atomic E-state index is 12.8. The molecule has 0 saturated heterocycles. The van der Waals surface area contributed by atoms with E-state index >= 15 is 0 Å². The van der Waals surface area contributed by atoms with Gasteiger partial charge in [-0.2, -0.15) is 5.10 Å². The number of nitro groups is 1. The third-order valence-electron chi connectivity index (χ3n) is 4.97. The molecule has 0 unspecified atom stereocenters. The maximum absolute atomic E-state index is 12.8. The Hall–Kier alpha value is -3.82. The summed E-state index contributed by atoms with van der Waals surface area (Å²) >= 11 is 0. The van der Waals surface area contributed by atoms with Crippen LogP contribution < -0.4 is 5.32 Å². The summed E-state index contributed by atoms with van der Waals surface area (Å²) in [4.78, 5) is 40.0. The molecule has 31 heavy (non-hydrogen) atoms. The first-order valence-electron chi connectivity index (χ1n) is 9.93. The number of nitro benzene ring substituents is 1. The van der Waals surface area contributed by atoms with E-state index in [1.54, 1.807) is 16.9 Å². The van der Waals surface area contributed by atoms with Crippen LogP contribution >= 0.6 is 0 Å². The average Bonchev–Trinajstić information content (AvgIpc) is 3.50. The lowest BCUT2D eigenvalue weighted by molar-refractivity contribution is -0.384. The van der Waals surface area contributed by atoms with E-state index in [0.29, 0.717) is 22.5 Å². The number of non-ortho nitro benzene ring substituents is 1. The number of anilines is 1. The van der Waals surface area contributed by atoms with Gasteiger partial charge in [-0.05, 0) is 38.8 Å². The van der Waals surface area contributed by atoms with Crippen LogP contribution in [0.3, 0.4) is 0 Å². The van der Waals surface area contributed by atoms with Gasteiger partial charge < -0.3 is 10.1 Å². The molecule has 0 atom stereocenters. The largest absolute Gasteiger partial charge is 0.452 e. The Bertz CT molecular complexity index is 1180. The molecule has 1 aromatic carbocycles. The number of esters is 1. The molecule has 1 N–H and O–H groups in total. The molecular weight excluding hydrogens is 402 g/mol. The van der Waals surface area contributed by atoms with E-state index in [2.05, 4.69) is 10.4 Å². The van der Waals surface area contributed by atoms with Crippen molar-refractivity contribution in [3.8, 4) is 0 Å². The van der Waals surface area contributed by atoms with Gasteiger partial charge in [0, 0.05) is 35.5 Å². The van der Waals surface area contributed by atoms with Crippen molar-refractivity contribution >= 4 is 34.3 Å². The van der Waals surface area contributed by atoms with Gasteiger partial charge in [-0.25, -0.2) is 14.5 Å². The van der Waals surface area contributed by atoms with E-state index in [0.717, 1.165) is 18.5 Å². The van der Waals surface area contributed by atoms with Crippen LogP contribution in [-0.2, 0) is 9.53 Å². The quantitative estimate of drug-likeness (QED) is 0.349. The van der Waals surface area contributed by atoms with Crippen molar-refractivity contribution in [3.05, 3.63) is 57.9 Å². The van der Waals surface area contributed by atoms with Crippen molar-refractivity contribution in [3.63, 3.8) is 0 Å². The minimum Gasteiger partial charge on any atom is -0.452 e. The highest BCUT2D eigenvalue weighted by Crippen LogP contribution is 2.40. The van der Waals surface area contributed by atoms with Crippen molar-refractivity contribution in [1.29, 1.82) is 0 Å². The number of nitrogens with zero attached hydrogens (tertiary/aromatic N) is 4. The molecule has 2 aromatic heterocycles. The predicted molar refractivity (Wildman–Crippen MR) is 112 cm³/mol. The number of nitrogens with one attached hydrogen (secondary N) is 1. The molecule has 0 bridgehead atoms.